The fraction of sp³-hybridized carbons (Fsp3) is 0.633. The fourth-order valence-electron chi connectivity index (χ4n) is 7.40. The number of carbonyl (C=O) groups excluding carboxylic acids is 2. The molecule has 0 bridgehead atoms. The smallest absolute Gasteiger partial charge is 0.248 e. The zero-order valence-electron chi connectivity index (χ0n) is 25.0. The molecule has 1 aromatic heterocycles. The van der Waals surface area contributed by atoms with Gasteiger partial charge in [-0.1, -0.05) is 31.4 Å². The zero-order valence-corrected chi connectivity index (χ0v) is 25.8. The maximum absolute atomic E-state index is 13.8. The van der Waals surface area contributed by atoms with Gasteiger partial charge in [-0.25, -0.2) is 8.42 Å². The Hall–Kier alpha value is -2.96. The summed E-state index contributed by atoms with van der Waals surface area (Å²) in [5, 5.41) is 21.6. The highest BCUT2D eigenvalue weighted by Gasteiger charge is 2.55. The topological polar surface area (TPSA) is 148 Å². The number of nitrogens with zero attached hydrogens (tertiary/aromatic N) is 3. The van der Waals surface area contributed by atoms with Crippen LogP contribution >= 0.6 is 0 Å². The van der Waals surface area contributed by atoms with Crippen LogP contribution in [0.1, 0.15) is 80.4 Å². The summed E-state index contributed by atoms with van der Waals surface area (Å²) in [6, 6.07) is 6.27. The number of piperidine rings is 1. The Kier molecular flexibility index (Phi) is 8.69. The van der Waals surface area contributed by atoms with Crippen molar-refractivity contribution in [1.82, 2.24) is 25.3 Å². The minimum absolute atomic E-state index is 0.0313. The lowest BCUT2D eigenvalue weighted by Gasteiger charge is -2.53. The fourth-order valence-corrected chi connectivity index (χ4v) is 7.96. The van der Waals surface area contributed by atoms with Gasteiger partial charge in [-0.05, 0) is 70.1 Å². The van der Waals surface area contributed by atoms with E-state index in [1.165, 1.54) is 0 Å². The number of likely N-dealkylation sites (N-methyl/N-ethyl adjacent to an activating group) is 1. The molecule has 2 aromatic rings. The summed E-state index contributed by atoms with van der Waals surface area (Å²) in [5.41, 5.74) is 3.36. The van der Waals surface area contributed by atoms with Gasteiger partial charge >= 0.3 is 0 Å². The predicted molar refractivity (Wildman–Crippen MR) is 160 cm³/mol. The summed E-state index contributed by atoms with van der Waals surface area (Å²) in [6.07, 6.45) is 6.17. The first-order valence-electron chi connectivity index (χ1n) is 15.1. The number of hydrogen-bond acceptors (Lipinski definition) is 7. The van der Waals surface area contributed by atoms with Crippen molar-refractivity contribution in [3.63, 3.8) is 0 Å². The Labute approximate surface area is 248 Å². The number of sulfonamides is 1. The Morgan fingerprint density at radius 1 is 1.10 bits per heavy atom. The quantitative estimate of drug-likeness (QED) is 0.364. The number of H-pyrrole nitrogens is 1. The van der Waals surface area contributed by atoms with E-state index in [0.29, 0.717) is 38.2 Å². The van der Waals surface area contributed by atoms with Crippen LogP contribution in [0.25, 0.3) is 0 Å². The number of anilines is 1. The van der Waals surface area contributed by atoms with Gasteiger partial charge in [0.15, 0.2) is 0 Å². The number of likely N-dealkylation sites (tertiary alicyclic amines) is 1. The summed E-state index contributed by atoms with van der Waals surface area (Å²) >= 11 is 0. The number of aromatic nitrogens is 2. The third-order valence-electron chi connectivity index (χ3n) is 9.53. The number of aliphatic hydroxyl groups excluding tert-OH is 1. The van der Waals surface area contributed by atoms with E-state index >= 15 is 0 Å². The second-order valence-electron chi connectivity index (χ2n) is 12.2. The molecule has 3 heterocycles. The predicted octanol–water partition coefficient (Wildman–Crippen LogP) is 2.61. The minimum atomic E-state index is -3.40. The Balaban J connectivity index is 1.38. The molecule has 1 aliphatic carbocycles. The molecule has 1 unspecified atom stereocenters. The van der Waals surface area contributed by atoms with Crippen LogP contribution < -0.4 is 10.0 Å². The van der Waals surface area contributed by atoms with Gasteiger partial charge in [0, 0.05) is 36.6 Å². The van der Waals surface area contributed by atoms with Crippen molar-refractivity contribution in [1.29, 1.82) is 0 Å². The summed E-state index contributed by atoms with van der Waals surface area (Å²) in [7, 11) is -3.40. The summed E-state index contributed by atoms with van der Waals surface area (Å²) in [6.45, 7) is 7.37. The first kappa shape index (κ1) is 30.5. The molecule has 5 rings (SSSR count). The molecular weight excluding hydrogens is 556 g/mol. The Morgan fingerprint density at radius 2 is 1.74 bits per heavy atom. The summed E-state index contributed by atoms with van der Waals surface area (Å²) in [4.78, 5) is 31.6. The Bertz CT molecular complexity index is 1370. The van der Waals surface area contributed by atoms with Crippen molar-refractivity contribution in [3.8, 4) is 0 Å². The largest absolute Gasteiger partial charge is 0.390 e. The van der Waals surface area contributed by atoms with Gasteiger partial charge in [0.05, 0.1) is 24.1 Å². The highest BCUT2D eigenvalue weighted by molar-refractivity contribution is 7.92. The number of aliphatic hydroxyl groups is 1. The number of aryl methyl sites for hydroxylation is 2. The molecule has 3 aliphatic rings. The summed E-state index contributed by atoms with van der Waals surface area (Å²) in [5.74, 6) is -0.327. The molecule has 1 saturated carbocycles. The number of benzene rings is 1. The lowest BCUT2D eigenvalue weighted by Crippen LogP contribution is -2.75. The monoisotopic (exact) mass is 600 g/mol. The molecule has 2 amide bonds. The van der Waals surface area contributed by atoms with Crippen LogP contribution in [0.15, 0.2) is 24.3 Å². The molecule has 2 saturated heterocycles. The van der Waals surface area contributed by atoms with Gasteiger partial charge in [0.2, 0.25) is 21.8 Å². The van der Waals surface area contributed by atoms with Crippen LogP contribution in [0.2, 0.25) is 0 Å². The lowest BCUT2D eigenvalue weighted by atomic mass is 9.77. The van der Waals surface area contributed by atoms with Crippen molar-refractivity contribution in [2.75, 3.05) is 30.6 Å². The molecule has 12 heteroatoms. The maximum atomic E-state index is 13.8. The SMILES string of the molecule is CCN1C(=O)[C@@H]([C@H](O)C2CCCCC2)NC(=O)C12CCN(C(c1ccc(NS(C)(=O)=O)cc1)c1c(C)n[nH]c1C)CC2. The maximum Gasteiger partial charge on any atom is 0.248 e. The molecule has 0 radical (unpaired) electrons. The number of hydrogen-bond donors (Lipinski definition) is 4. The highest BCUT2D eigenvalue weighted by Crippen LogP contribution is 2.40. The molecule has 2 aliphatic heterocycles. The van der Waals surface area contributed by atoms with E-state index in [-0.39, 0.29) is 23.8 Å². The molecule has 3 fully saturated rings. The average Bonchev–Trinajstić information content (AvgIpc) is 3.29. The molecular formula is C30H44N6O5S. The first-order valence-corrected chi connectivity index (χ1v) is 17.0. The zero-order chi connectivity index (χ0) is 30.2. The standard InChI is InChI=1S/C30H44N6O5S/c1-5-36-28(38)25(27(37)22-9-7-6-8-10-22)31-29(39)30(36)15-17-35(18-16-30)26(24-19(2)32-33-20(24)3)21-11-13-23(14-12-21)34-42(4,40)41/h11-14,22,25-27,34,37H,5-10,15-18H2,1-4H3,(H,31,39)(H,32,33)/t25-,26?,27-/m1/s1. The van der Waals surface area contributed by atoms with E-state index in [1.54, 1.807) is 17.0 Å². The molecule has 4 N–H and O–H groups in total. The molecule has 1 spiro atoms. The van der Waals surface area contributed by atoms with E-state index in [0.717, 1.165) is 60.9 Å². The van der Waals surface area contributed by atoms with E-state index in [4.69, 9.17) is 0 Å². The van der Waals surface area contributed by atoms with Crippen molar-refractivity contribution in [2.45, 2.75) is 89.4 Å². The van der Waals surface area contributed by atoms with Gasteiger partial charge in [-0.2, -0.15) is 5.10 Å². The minimum Gasteiger partial charge on any atom is -0.390 e. The molecule has 42 heavy (non-hydrogen) atoms. The number of nitrogens with one attached hydrogen (secondary N) is 3. The number of rotatable bonds is 8. The molecule has 230 valence electrons. The second kappa shape index (κ2) is 12.0. The van der Waals surface area contributed by atoms with Crippen LogP contribution in [0, 0.1) is 19.8 Å². The highest BCUT2D eigenvalue weighted by atomic mass is 32.2. The van der Waals surface area contributed by atoms with Crippen LogP contribution in [-0.4, -0.2) is 88.9 Å². The second-order valence-corrected chi connectivity index (χ2v) is 14.0. The van der Waals surface area contributed by atoms with Crippen molar-refractivity contribution in [3.05, 3.63) is 46.8 Å². The first-order chi connectivity index (χ1) is 19.9. The van der Waals surface area contributed by atoms with Gasteiger partial charge in [0.1, 0.15) is 11.6 Å². The molecule has 1 aromatic carbocycles. The van der Waals surface area contributed by atoms with Crippen LogP contribution in [0.4, 0.5) is 5.69 Å². The number of carbonyl (C=O) groups is 2. The lowest BCUT2D eigenvalue weighted by molar-refractivity contribution is -0.165. The van der Waals surface area contributed by atoms with Gasteiger partial charge < -0.3 is 15.3 Å². The average molecular weight is 601 g/mol. The number of aromatic amines is 1. The van der Waals surface area contributed by atoms with Crippen molar-refractivity contribution in [2.24, 2.45) is 5.92 Å². The number of piperazine rings is 1. The van der Waals surface area contributed by atoms with Crippen molar-refractivity contribution >= 4 is 27.5 Å². The van der Waals surface area contributed by atoms with Crippen LogP contribution in [-0.2, 0) is 19.6 Å². The summed E-state index contributed by atoms with van der Waals surface area (Å²) < 4.78 is 26.0. The van der Waals surface area contributed by atoms with Crippen LogP contribution in [0.3, 0.4) is 0 Å². The van der Waals surface area contributed by atoms with Crippen LogP contribution in [0.5, 0.6) is 0 Å². The van der Waals surface area contributed by atoms with E-state index in [1.807, 2.05) is 32.9 Å². The van der Waals surface area contributed by atoms with Gasteiger partial charge in [-0.15, -0.1) is 0 Å². The van der Waals surface area contributed by atoms with E-state index in [9.17, 15) is 23.1 Å². The van der Waals surface area contributed by atoms with Crippen molar-refractivity contribution < 1.29 is 23.1 Å². The Morgan fingerprint density at radius 3 is 2.29 bits per heavy atom. The third kappa shape index (κ3) is 5.80. The van der Waals surface area contributed by atoms with E-state index < -0.39 is 27.7 Å². The molecule has 3 atom stereocenters. The van der Waals surface area contributed by atoms with Gasteiger partial charge in [0.25, 0.3) is 0 Å². The normalized spacial score (nSPS) is 23.5. The molecule has 11 nitrogen and oxygen atoms in total. The third-order valence-corrected chi connectivity index (χ3v) is 10.1. The number of amides is 2. The van der Waals surface area contributed by atoms with Gasteiger partial charge in [-0.3, -0.25) is 24.3 Å². The van der Waals surface area contributed by atoms with E-state index in [2.05, 4.69) is 25.1 Å².